The van der Waals surface area contributed by atoms with E-state index in [4.69, 9.17) is 4.98 Å². The molecule has 2 N–H and O–H groups in total. The molecule has 35 heavy (non-hydrogen) atoms. The van der Waals surface area contributed by atoms with Gasteiger partial charge in [0.2, 0.25) is 11.9 Å². The summed E-state index contributed by atoms with van der Waals surface area (Å²) in [6, 6.07) is 7.98. The summed E-state index contributed by atoms with van der Waals surface area (Å²) in [5.41, 5.74) is 1.01. The second-order valence-corrected chi connectivity index (χ2v) is 11.0. The van der Waals surface area contributed by atoms with Crippen LogP contribution >= 0.6 is 23.1 Å². The Labute approximate surface area is 214 Å². The number of Topliss-reactive ketones (excluding diaryl/α,β-unsaturated/α-hetero) is 1. The normalized spacial score (nSPS) is 14.5. The number of nitrogens with one attached hydrogen (secondary N) is 1. The van der Waals surface area contributed by atoms with E-state index >= 15 is 0 Å². The fourth-order valence-corrected chi connectivity index (χ4v) is 5.00. The monoisotopic (exact) mass is 513 g/mol. The Bertz CT molecular complexity index is 1130. The number of nitrogens with zero attached hydrogens (tertiary/aromatic N) is 6. The molecule has 4 rings (SSSR count). The first kappa shape index (κ1) is 25.5. The molecule has 3 aromatic rings. The zero-order valence-corrected chi connectivity index (χ0v) is 21.9. The molecule has 0 unspecified atom stereocenters. The number of benzene rings is 1. The van der Waals surface area contributed by atoms with Gasteiger partial charge < -0.3 is 10.0 Å². The van der Waals surface area contributed by atoms with Crippen molar-refractivity contribution in [3.05, 3.63) is 40.9 Å². The van der Waals surface area contributed by atoms with E-state index in [1.54, 1.807) is 11.3 Å². The van der Waals surface area contributed by atoms with Crippen molar-refractivity contribution in [2.24, 2.45) is 5.92 Å². The Morgan fingerprint density at radius 2 is 1.89 bits per heavy atom. The molecule has 186 valence electrons. The molecule has 1 aromatic carbocycles. The van der Waals surface area contributed by atoms with E-state index in [0.717, 1.165) is 46.6 Å². The van der Waals surface area contributed by atoms with E-state index in [1.165, 1.54) is 11.8 Å². The van der Waals surface area contributed by atoms with Gasteiger partial charge in [-0.05, 0) is 36.4 Å². The largest absolute Gasteiger partial charge is 0.395 e. The molecule has 1 aliphatic rings. The first-order valence-corrected chi connectivity index (χ1v) is 13.4. The van der Waals surface area contributed by atoms with Crippen LogP contribution < -0.4 is 10.2 Å². The Hall–Kier alpha value is -2.60. The van der Waals surface area contributed by atoms with Crippen molar-refractivity contribution >= 4 is 45.9 Å². The number of ketones is 1. The van der Waals surface area contributed by atoms with E-state index in [2.05, 4.69) is 30.1 Å². The lowest BCUT2D eigenvalue weighted by atomic mass is 10.0. The van der Waals surface area contributed by atoms with E-state index in [-0.39, 0.29) is 18.3 Å². The maximum Gasteiger partial charge on any atom is 0.234 e. The molecule has 0 amide bonds. The highest BCUT2D eigenvalue weighted by atomic mass is 32.2. The van der Waals surface area contributed by atoms with Gasteiger partial charge in [-0.1, -0.05) is 26.0 Å². The third-order valence-corrected chi connectivity index (χ3v) is 7.37. The van der Waals surface area contributed by atoms with Gasteiger partial charge in [-0.25, -0.2) is 4.98 Å². The lowest BCUT2D eigenvalue weighted by Crippen LogP contribution is -2.47. The number of rotatable bonds is 10. The Kier molecular flexibility index (Phi) is 8.66. The molecule has 2 aromatic heterocycles. The summed E-state index contributed by atoms with van der Waals surface area (Å²) < 4.78 is 0. The number of carbonyl (C=O) groups is 1. The third kappa shape index (κ3) is 7.20. The molecule has 1 aliphatic heterocycles. The number of β-amino-alcohol motifs (C(OH)–C–C–N with tert-alkyl or cyclic N) is 1. The number of thiazole rings is 1. The van der Waals surface area contributed by atoms with Gasteiger partial charge in [-0.15, -0.1) is 11.3 Å². The van der Waals surface area contributed by atoms with Crippen molar-refractivity contribution in [1.29, 1.82) is 0 Å². The van der Waals surface area contributed by atoms with Crippen molar-refractivity contribution in [3.63, 3.8) is 0 Å². The highest BCUT2D eigenvalue weighted by Gasteiger charge is 2.21. The number of aliphatic hydroxyl groups is 1. The second-order valence-electron chi connectivity index (χ2n) is 8.74. The number of aliphatic hydroxyl groups excluding tert-OH is 1. The average Bonchev–Trinajstić information content (AvgIpc) is 3.25. The zero-order valence-electron chi connectivity index (χ0n) is 20.3. The summed E-state index contributed by atoms with van der Waals surface area (Å²) in [5, 5.41) is 13.8. The number of hydrogen-bond acceptors (Lipinski definition) is 11. The molecular weight excluding hydrogens is 482 g/mol. The van der Waals surface area contributed by atoms with Gasteiger partial charge in [0.25, 0.3) is 0 Å². The minimum Gasteiger partial charge on any atom is -0.395 e. The van der Waals surface area contributed by atoms with Crippen molar-refractivity contribution in [2.75, 3.05) is 49.5 Å². The minimum absolute atomic E-state index is 0.0331. The molecular formula is C24H31N7O2S2. The maximum absolute atomic E-state index is 12.1. The first-order valence-electron chi connectivity index (χ1n) is 11.7. The van der Waals surface area contributed by atoms with Gasteiger partial charge in [-0.2, -0.15) is 15.0 Å². The highest BCUT2D eigenvalue weighted by Crippen LogP contribution is 2.29. The fourth-order valence-electron chi connectivity index (χ4n) is 3.60. The molecule has 1 saturated heterocycles. The topological polar surface area (TPSA) is 107 Å². The van der Waals surface area contributed by atoms with Crippen molar-refractivity contribution in [1.82, 2.24) is 24.8 Å². The number of anilines is 3. The molecule has 1 fully saturated rings. The van der Waals surface area contributed by atoms with Crippen LogP contribution in [0.2, 0.25) is 0 Å². The minimum atomic E-state index is 0.0331. The van der Waals surface area contributed by atoms with Crippen LogP contribution in [0.15, 0.2) is 40.5 Å². The molecule has 3 heterocycles. The summed E-state index contributed by atoms with van der Waals surface area (Å²) in [6.45, 7) is 9.96. The smallest absolute Gasteiger partial charge is 0.234 e. The predicted molar refractivity (Wildman–Crippen MR) is 140 cm³/mol. The van der Waals surface area contributed by atoms with Crippen LogP contribution in [0.4, 0.5) is 17.0 Å². The number of aromatic nitrogens is 4. The van der Waals surface area contributed by atoms with Gasteiger partial charge in [-0.3, -0.25) is 15.0 Å². The van der Waals surface area contributed by atoms with Crippen LogP contribution in [-0.4, -0.2) is 75.1 Å². The van der Waals surface area contributed by atoms with E-state index in [9.17, 15) is 9.90 Å². The highest BCUT2D eigenvalue weighted by molar-refractivity contribution is 7.99. The van der Waals surface area contributed by atoms with Crippen LogP contribution in [0.1, 0.15) is 24.3 Å². The van der Waals surface area contributed by atoms with Crippen molar-refractivity contribution in [3.8, 4) is 0 Å². The van der Waals surface area contributed by atoms with E-state index in [1.807, 2.05) is 51.2 Å². The Balaban J connectivity index is 1.53. The molecule has 0 saturated carbocycles. The molecule has 11 heteroatoms. The summed E-state index contributed by atoms with van der Waals surface area (Å²) in [4.78, 5) is 37.0. The summed E-state index contributed by atoms with van der Waals surface area (Å²) in [6.07, 6.45) is 2.26. The lowest BCUT2D eigenvalue weighted by molar-refractivity contribution is -0.121. The fraction of sp³-hybridized carbons (Fsp3) is 0.458. The SMILES string of the molecule is Cc1cnc(Nc2nc(Sc3ccc(CC(=O)C(C)C)cc3)nc(N3CCN(CCO)CC3)n2)s1. The van der Waals surface area contributed by atoms with Gasteiger partial charge >= 0.3 is 0 Å². The third-order valence-electron chi connectivity index (χ3n) is 5.67. The lowest BCUT2D eigenvalue weighted by Gasteiger charge is -2.34. The Morgan fingerprint density at radius 1 is 1.14 bits per heavy atom. The molecule has 0 bridgehead atoms. The molecule has 0 radical (unpaired) electrons. The van der Waals surface area contributed by atoms with Gasteiger partial charge in [0.05, 0.1) is 6.61 Å². The van der Waals surface area contributed by atoms with Crippen molar-refractivity contribution < 1.29 is 9.90 Å². The summed E-state index contributed by atoms with van der Waals surface area (Å²) in [5.74, 6) is 1.36. The van der Waals surface area contributed by atoms with Gasteiger partial charge in [0.15, 0.2) is 10.3 Å². The maximum atomic E-state index is 12.1. The van der Waals surface area contributed by atoms with Gasteiger partial charge in [0.1, 0.15) is 5.78 Å². The van der Waals surface area contributed by atoms with Crippen LogP contribution in [0, 0.1) is 12.8 Å². The van der Waals surface area contributed by atoms with Crippen LogP contribution in [0.5, 0.6) is 0 Å². The number of piperazine rings is 1. The molecule has 0 atom stereocenters. The second kappa shape index (κ2) is 11.9. The Morgan fingerprint density at radius 3 is 2.51 bits per heavy atom. The number of carbonyl (C=O) groups excluding carboxylic acids is 1. The molecule has 9 nitrogen and oxygen atoms in total. The average molecular weight is 514 g/mol. The zero-order chi connectivity index (χ0) is 24.8. The van der Waals surface area contributed by atoms with Crippen molar-refractivity contribution in [2.45, 2.75) is 37.2 Å². The van der Waals surface area contributed by atoms with E-state index < -0.39 is 0 Å². The van der Waals surface area contributed by atoms with Crippen LogP contribution in [0.25, 0.3) is 0 Å². The predicted octanol–water partition coefficient (Wildman–Crippen LogP) is 3.41. The standard InChI is InChI=1S/C24H31N7O2S2/c1-16(2)20(33)14-18-4-6-19(7-5-18)35-24-28-21(27-23-25-15-17(3)34-23)26-22(29-24)31-10-8-30(9-11-31)12-13-32/h4-7,15-16,32H,8-14H2,1-3H3,(H,25,26,27,28,29). The van der Waals surface area contributed by atoms with Gasteiger partial charge in [0, 0.05) is 61.0 Å². The van der Waals surface area contributed by atoms with Crippen LogP contribution in [0.3, 0.4) is 0 Å². The van der Waals surface area contributed by atoms with E-state index in [0.29, 0.717) is 30.0 Å². The molecule has 0 spiro atoms. The first-order chi connectivity index (χ1) is 16.9. The number of hydrogen-bond donors (Lipinski definition) is 2. The molecule has 0 aliphatic carbocycles. The summed E-state index contributed by atoms with van der Waals surface area (Å²) in [7, 11) is 0. The summed E-state index contributed by atoms with van der Waals surface area (Å²) >= 11 is 3.01. The number of aryl methyl sites for hydroxylation is 1. The quantitative estimate of drug-likeness (QED) is 0.419. The van der Waals surface area contributed by atoms with Crippen LogP contribution in [-0.2, 0) is 11.2 Å².